The zero-order valence-corrected chi connectivity index (χ0v) is 18.5. The van der Waals surface area contributed by atoms with Gasteiger partial charge >= 0.3 is 0 Å². The second kappa shape index (κ2) is 8.30. The highest BCUT2D eigenvalue weighted by Crippen LogP contribution is 2.37. The quantitative estimate of drug-likeness (QED) is 0.421. The number of rotatable bonds is 4. The number of aromatic nitrogens is 2. The molecule has 32 heavy (non-hydrogen) atoms. The number of piperazine rings is 1. The fourth-order valence-corrected chi connectivity index (χ4v) is 4.47. The molecule has 6 heteroatoms. The van der Waals surface area contributed by atoms with E-state index in [1.54, 1.807) is 6.07 Å². The van der Waals surface area contributed by atoms with Gasteiger partial charge in [-0.3, -0.25) is 4.90 Å². The van der Waals surface area contributed by atoms with Gasteiger partial charge in [0.05, 0.1) is 0 Å². The largest absolute Gasteiger partial charge is 0.504 e. The normalized spacial score (nSPS) is 15.4. The first-order valence-corrected chi connectivity index (χ1v) is 11.0. The summed E-state index contributed by atoms with van der Waals surface area (Å²) in [6, 6.07) is 15.8. The predicted octanol–water partition coefficient (Wildman–Crippen LogP) is 4.36. The van der Waals surface area contributed by atoms with E-state index < -0.39 is 0 Å². The predicted molar refractivity (Wildman–Crippen MR) is 128 cm³/mol. The van der Waals surface area contributed by atoms with E-state index in [1.807, 2.05) is 19.2 Å². The van der Waals surface area contributed by atoms with Crippen molar-refractivity contribution < 1.29 is 10.2 Å². The van der Waals surface area contributed by atoms with Crippen LogP contribution in [0.1, 0.15) is 11.3 Å². The molecule has 3 heterocycles. The molecule has 1 aliphatic rings. The lowest BCUT2D eigenvalue weighted by atomic mass is 9.99. The molecule has 2 aromatic carbocycles. The van der Waals surface area contributed by atoms with Gasteiger partial charge in [-0.15, -0.1) is 0 Å². The Balaban J connectivity index is 1.44. The maximum atomic E-state index is 9.97. The Hall–Kier alpha value is -3.35. The highest BCUT2D eigenvalue weighted by atomic mass is 16.3. The van der Waals surface area contributed by atoms with Gasteiger partial charge in [-0.25, -0.2) is 4.98 Å². The van der Waals surface area contributed by atoms with Crippen LogP contribution in [0.3, 0.4) is 0 Å². The third-order valence-electron chi connectivity index (χ3n) is 6.39. The van der Waals surface area contributed by atoms with Gasteiger partial charge < -0.3 is 20.1 Å². The van der Waals surface area contributed by atoms with Crippen molar-refractivity contribution in [3.05, 3.63) is 66.0 Å². The summed E-state index contributed by atoms with van der Waals surface area (Å²) in [7, 11) is 2.18. The van der Waals surface area contributed by atoms with Gasteiger partial charge in [0.2, 0.25) is 0 Å². The number of fused-ring (bicyclic) bond motifs is 1. The van der Waals surface area contributed by atoms with Crippen molar-refractivity contribution in [1.29, 1.82) is 0 Å². The molecule has 0 unspecified atom stereocenters. The van der Waals surface area contributed by atoms with Crippen LogP contribution in [-0.2, 0) is 6.54 Å². The highest BCUT2D eigenvalue weighted by molar-refractivity contribution is 5.97. The summed E-state index contributed by atoms with van der Waals surface area (Å²) in [5.41, 5.74) is 7.09. The Bertz CT molecular complexity index is 1260. The number of phenols is 2. The number of likely N-dealkylation sites (N-methyl/N-ethyl adjacent to an activating group) is 1. The average Bonchev–Trinajstić information content (AvgIpc) is 3.13. The summed E-state index contributed by atoms with van der Waals surface area (Å²) < 4.78 is 0. The van der Waals surface area contributed by atoms with E-state index in [0.29, 0.717) is 0 Å². The van der Waals surface area contributed by atoms with Gasteiger partial charge in [-0.1, -0.05) is 30.3 Å². The molecule has 0 spiro atoms. The fourth-order valence-electron chi connectivity index (χ4n) is 4.47. The van der Waals surface area contributed by atoms with Crippen LogP contribution < -0.4 is 0 Å². The summed E-state index contributed by atoms with van der Waals surface area (Å²) in [5.74, 6) is -0.252. The first kappa shape index (κ1) is 20.5. The molecule has 0 atom stereocenters. The molecule has 164 valence electrons. The molecule has 6 nitrogen and oxygen atoms in total. The molecule has 0 amide bonds. The van der Waals surface area contributed by atoms with Crippen molar-refractivity contribution >= 4 is 11.0 Å². The highest BCUT2D eigenvalue weighted by Gasteiger charge is 2.16. The van der Waals surface area contributed by atoms with Crippen LogP contribution in [0.4, 0.5) is 0 Å². The van der Waals surface area contributed by atoms with Crippen molar-refractivity contribution in [1.82, 2.24) is 19.8 Å². The van der Waals surface area contributed by atoms with E-state index in [4.69, 9.17) is 0 Å². The number of nitrogens with one attached hydrogen (secondary N) is 1. The number of aromatic hydroxyl groups is 2. The van der Waals surface area contributed by atoms with E-state index in [2.05, 4.69) is 57.1 Å². The Morgan fingerprint density at radius 3 is 2.31 bits per heavy atom. The van der Waals surface area contributed by atoms with Gasteiger partial charge in [0.1, 0.15) is 5.65 Å². The van der Waals surface area contributed by atoms with Crippen LogP contribution in [0, 0.1) is 6.92 Å². The zero-order valence-electron chi connectivity index (χ0n) is 18.5. The Labute approximate surface area is 187 Å². The summed E-state index contributed by atoms with van der Waals surface area (Å²) >= 11 is 0. The number of aromatic amines is 1. The van der Waals surface area contributed by atoms with Gasteiger partial charge in [0.15, 0.2) is 11.5 Å². The van der Waals surface area contributed by atoms with Crippen LogP contribution in [-0.4, -0.2) is 63.2 Å². The number of hydrogen-bond acceptors (Lipinski definition) is 5. The topological polar surface area (TPSA) is 75.6 Å². The number of pyridine rings is 1. The molecule has 5 rings (SSSR count). The minimum atomic E-state index is -0.128. The minimum Gasteiger partial charge on any atom is -0.504 e. The number of hydrogen-bond donors (Lipinski definition) is 3. The van der Waals surface area contributed by atoms with Crippen LogP contribution in [0.2, 0.25) is 0 Å². The molecule has 1 aliphatic heterocycles. The van der Waals surface area contributed by atoms with Gasteiger partial charge in [-0.2, -0.15) is 0 Å². The first-order chi connectivity index (χ1) is 15.5. The molecule has 1 saturated heterocycles. The molecule has 1 fully saturated rings. The lowest BCUT2D eigenvalue weighted by molar-refractivity contribution is 0.148. The van der Waals surface area contributed by atoms with Crippen molar-refractivity contribution in [2.75, 3.05) is 33.2 Å². The molecule has 0 aliphatic carbocycles. The van der Waals surface area contributed by atoms with Gasteiger partial charge in [-0.05, 0) is 48.9 Å². The molecular weight excluding hydrogens is 400 g/mol. The molecule has 3 N–H and O–H groups in total. The third kappa shape index (κ3) is 3.95. The van der Waals surface area contributed by atoms with Crippen LogP contribution in [0.5, 0.6) is 11.5 Å². The zero-order chi connectivity index (χ0) is 22.2. The Morgan fingerprint density at radius 1 is 0.875 bits per heavy atom. The van der Waals surface area contributed by atoms with Gasteiger partial charge in [0, 0.05) is 61.1 Å². The number of H-pyrrole nitrogens is 1. The summed E-state index contributed by atoms with van der Waals surface area (Å²) in [6.07, 6.45) is 1.89. The Kier molecular flexibility index (Phi) is 5.33. The van der Waals surface area contributed by atoms with Gasteiger partial charge in [0.25, 0.3) is 0 Å². The lowest BCUT2D eigenvalue weighted by Crippen LogP contribution is -2.43. The maximum Gasteiger partial charge on any atom is 0.158 e. The van der Waals surface area contributed by atoms with E-state index in [0.717, 1.165) is 71.7 Å². The first-order valence-electron chi connectivity index (χ1n) is 11.0. The Morgan fingerprint density at radius 2 is 1.59 bits per heavy atom. The fraction of sp³-hybridized carbons (Fsp3) is 0.269. The number of benzene rings is 2. The smallest absolute Gasteiger partial charge is 0.158 e. The maximum absolute atomic E-state index is 9.97. The molecule has 0 saturated carbocycles. The summed E-state index contributed by atoms with van der Waals surface area (Å²) in [6.45, 7) is 7.45. The minimum absolute atomic E-state index is 0.123. The van der Waals surface area contributed by atoms with Crippen molar-refractivity contribution in [2.45, 2.75) is 13.5 Å². The van der Waals surface area contributed by atoms with Crippen LogP contribution in [0.15, 0.2) is 54.7 Å². The number of aryl methyl sites for hydroxylation is 1. The average molecular weight is 429 g/mol. The molecule has 4 aromatic rings. The monoisotopic (exact) mass is 428 g/mol. The van der Waals surface area contributed by atoms with E-state index >= 15 is 0 Å². The van der Waals surface area contributed by atoms with E-state index in [-0.39, 0.29) is 11.5 Å². The third-order valence-corrected chi connectivity index (χ3v) is 6.39. The molecular formula is C26H28N4O2. The van der Waals surface area contributed by atoms with E-state index in [9.17, 15) is 10.2 Å². The molecule has 2 aromatic heterocycles. The summed E-state index contributed by atoms with van der Waals surface area (Å²) in [5, 5.41) is 20.6. The molecule has 0 bridgehead atoms. The standard InChI is InChI=1S/C26H28N4O2/c1-17-25(20-7-8-23(31)24(32)14-20)22-13-21(15-27-26(22)28-17)19-5-3-18(4-6-19)16-30-11-9-29(2)10-12-30/h3-8,13-15,31-32H,9-12,16H2,1-2H3,(H,27,28). The second-order valence-electron chi connectivity index (χ2n) is 8.73. The van der Waals surface area contributed by atoms with Crippen molar-refractivity contribution in [2.24, 2.45) is 0 Å². The second-order valence-corrected chi connectivity index (χ2v) is 8.73. The van der Waals surface area contributed by atoms with Crippen LogP contribution >= 0.6 is 0 Å². The van der Waals surface area contributed by atoms with E-state index in [1.165, 1.54) is 11.6 Å². The number of nitrogens with zero attached hydrogens (tertiary/aromatic N) is 3. The van der Waals surface area contributed by atoms with Crippen LogP contribution in [0.25, 0.3) is 33.3 Å². The lowest BCUT2D eigenvalue weighted by Gasteiger charge is -2.32. The number of phenolic OH excluding ortho intramolecular Hbond substituents is 2. The summed E-state index contributed by atoms with van der Waals surface area (Å²) in [4.78, 5) is 12.9. The van der Waals surface area contributed by atoms with Crippen molar-refractivity contribution in [3.8, 4) is 33.8 Å². The SMILES string of the molecule is Cc1[nH]c2ncc(-c3ccc(CN4CCN(C)CC4)cc3)cc2c1-c1ccc(O)c(O)c1. The molecule has 0 radical (unpaired) electrons. The van der Waals surface area contributed by atoms with Crippen molar-refractivity contribution in [3.63, 3.8) is 0 Å².